The molecule has 4 fully saturated rings. The first-order chi connectivity index (χ1) is 18.2. The summed E-state index contributed by atoms with van der Waals surface area (Å²) in [7, 11) is -2.74. The molecular weight excluding hydrogens is 533 g/mol. The summed E-state index contributed by atoms with van der Waals surface area (Å²) in [6.07, 6.45) is 1.10. The molecule has 12 heteroatoms. The van der Waals surface area contributed by atoms with Crippen LogP contribution in [0.25, 0.3) is 11.3 Å². The Balaban J connectivity index is 1.44. The van der Waals surface area contributed by atoms with Gasteiger partial charge in [-0.25, -0.2) is 18.2 Å². The molecule has 5 atom stereocenters. The molecule has 2 saturated heterocycles. The number of pyridine rings is 1. The number of alkyl halides is 1. The highest BCUT2D eigenvalue weighted by atomic mass is 32.2. The Labute approximate surface area is 225 Å². The number of likely N-dealkylation sites (tertiary alicyclic amines) is 1. The maximum atomic E-state index is 17.0. The lowest BCUT2D eigenvalue weighted by Gasteiger charge is -2.40. The molecule has 1 aromatic carbocycles. The van der Waals surface area contributed by atoms with Crippen LogP contribution >= 0.6 is 0 Å². The van der Waals surface area contributed by atoms with Gasteiger partial charge in [-0.15, -0.1) is 0 Å². The lowest BCUT2D eigenvalue weighted by Crippen LogP contribution is -2.58. The number of aromatic nitrogens is 1. The first-order valence-electron chi connectivity index (χ1n) is 13.1. The van der Waals surface area contributed by atoms with Crippen molar-refractivity contribution >= 4 is 16.1 Å². The minimum absolute atomic E-state index is 0.0539. The summed E-state index contributed by atoms with van der Waals surface area (Å²) in [5.41, 5.74) is -4.48. The number of nitrogens with one attached hydrogen (secondary N) is 1. The fourth-order valence-electron chi connectivity index (χ4n) is 6.70. The van der Waals surface area contributed by atoms with E-state index < -0.39 is 69.1 Å². The number of nitrogens with zero attached hydrogens (tertiary/aromatic N) is 3. The van der Waals surface area contributed by atoms with Crippen LogP contribution in [0.2, 0.25) is 0 Å². The van der Waals surface area contributed by atoms with Gasteiger partial charge in [0.25, 0.3) is 16.1 Å². The zero-order chi connectivity index (χ0) is 28.1. The minimum atomic E-state index is -4.14. The largest absolute Gasteiger partial charge is 0.380 e. The minimum Gasteiger partial charge on any atom is -0.380 e. The molecule has 0 radical (unpaired) electrons. The molecule has 39 heavy (non-hydrogen) atoms. The van der Waals surface area contributed by atoms with Crippen LogP contribution in [0.3, 0.4) is 0 Å². The first kappa shape index (κ1) is 26.7. The fraction of sp³-hybridized carbons (Fsp3) is 0.556. The molecule has 210 valence electrons. The Kier molecular flexibility index (Phi) is 5.80. The summed E-state index contributed by atoms with van der Waals surface area (Å²) in [6, 6.07) is 4.52. The normalized spacial score (nSPS) is 34.5. The van der Waals surface area contributed by atoms with Crippen LogP contribution in [0.5, 0.6) is 0 Å². The molecule has 0 bridgehead atoms. The summed E-state index contributed by atoms with van der Waals surface area (Å²) in [6.45, 7) is 2.90. The second kappa shape index (κ2) is 8.48. The Hall–Kier alpha value is -2.54. The van der Waals surface area contributed by atoms with E-state index in [4.69, 9.17) is 0 Å². The highest BCUT2D eigenvalue weighted by molar-refractivity contribution is 7.87. The molecule has 2 saturated carbocycles. The van der Waals surface area contributed by atoms with Crippen LogP contribution < -0.4 is 4.72 Å². The van der Waals surface area contributed by atoms with Gasteiger partial charge in [0, 0.05) is 29.8 Å². The highest BCUT2D eigenvalue weighted by Crippen LogP contribution is 2.61. The molecule has 6 rings (SSSR count). The Bertz CT molecular complexity index is 1490. The Morgan fingerprint density at radius 1 is 1.23 bits per heavy atom. The predicted molar refractivity (Wildman–Crippen MR) is 136 cm³/mol. The number of aliphatic hydroxyl groups is 1. The molecule has 1 aromatic heterocycles. The van der Waals surface area contributed by atoms with Crippen LogP contribution in [0.1, 0.15) is 43.9 Å². The Morgan fingerprint density at radius 3 is 2.62 bits per heavy atom. The number of amides is 1. The summed E-state index contributed by atoms with van der Waals surface area (Å²) in [5, 5.41) is 10.9. The number of aryl methyl sites for hydroxylation is 1. The smallest absolute Gasteiger partial charge is 0.280 e. The van der Waals surface area contributed by atoms with Crippen LogP contribution in [0.4, 0.5) is 13.2 Å². The van der Waals surface area contributed by atoms with Gasteiger partial charge >= 0.3 is 0 Å². The molecule has 3 heterocycles. The van der Waals surface area contributed by atoms with E-state index in [1.165, 1.54) is 42.3 Å². The maximum Gasteiger partial charge on any atom is 0.280 e. The SMILES string of the molecule is Cc1ccc(F)c(-c2cccc(C[C@H]3[C@H]4NS(=O)(=O)N(C)C5(C)CC5C4(F)CN3C(=O)C3(O)CCC3)c2F)n1. The van der Waals surface area contributed by atoms with Gasteiger partial charge in [0.15, 0.2) is 5.67 Å². The number of rotatable bonds is 4. The van der Waals surface area contributed by atoms with Gasteiger partial charge < -0.3 is 10.0 Å². The van der Waals surface area contributed by atoms with Crippen molar-refractivity contribution in [3.05, 3.63) is 53.2 Å². The number of hydrogen-bond donors (Lipinski definition) is 2. The van der Waals surface area contributed by atoms with Crippen LogP contribution in [0, 0.1) is 24.5 Å². The lowest BCUT2D eigenvalue weighted by molar-refractivity contribution is -0.161. The van der Waals surface area contributed by atoms with E-state index in [1.54, 1.807) is 13.8 Å². The third-order valence-electron chi connectivity index (χ3n) is 9.45. The fourth-order valence-corrected chi connectivity index (χ4v) is 8.28. The summed E-state index contributed by atoms with van der Waals surface area (Å²) in [4.78, 5) is 18.9. The lowest BCUT2D eigenvalue weighted by atomic mass is 9.79. The average Bonchev–Trinajstić information content (AvgIpc) is 3.51. The highest BCUT2D eigenvalue weighted by Gasteiger charge is 2.75. The van der Waals surface area contributed by atoms with Gasteiger partial charge in [-0.2, -0.15) is 17.4 Å². The summed E-state index contributed by atoms with van der Waals surface area (Å²) >= 11 is 0. The molecular formula is C27H31F3N4O4S. The monoisotopic (exact) mass is 564 g/mol. The molecule has 8 nitrogen and oxygen atoms in total. The number of fused-ring (bicyclic) bond motifs is 3. The average molecular weight is 565 g/mol. The molecule has 1 amide bonds. The second-order valence-electron chi connectivity index (χ2n) is 11.8. The molecule has 2 aliphatic heterocycles. The predicted octanol–water partition coefficient (Wildman–Crippen LogP) is 2.64. The quantitative estimate of drug-likeness (QED) is 0.595. The van der Waals surface area contributed by atoms with Crippen LogP contribution in [-0.2, 0) is 21.4 Å². The van der Waals surface area contributed by atoms with Gasteiger partial charge in [-0.3, -0.25) is 4.79 Å². The van der Waals surface area contributed by atoms with Gasteiger partial charge in [0.2, 0.25) is 0 Å². The van der Waals surface area contributed by atoms with Gasteiger partial charge in [0.1, 0.15) is 22.9 Å². The third kappa shape index (κ3) is 3.86. The number of carbonyl (C=O) groups is 1. The molecule has 0 spiro atoms. The third-order valence-corrected chi connectivity index (χ3v) is 11.1. The van der Waals surface area contributed by atoms with E-state index in [0.717, 1.165) is 4.31 Å². The van der Waals surface area contributed by atoms with Gasteiger partial charge in [0.05, 0.1) is 18.6 Å². The summed E-state index contributed by atoms with van der Waals surface area (Å²) < 4.78 is 77.6. The van der Waals surface area contributed by atoms with Crippen molar-refractivity contribution in [3.8, 4) is 11.3 Å². The molecule has 3 unspecified atom stereocenters. The van der Waals surface area contributed by atoms with Crippen molar-refractivity contribution in [1.82, 2.24) is 18.9 Å². The zero-order valence-corrected chi connectivity index (χ0v) is 22.7. The van der Waals surface area contributed by atoms with E-state index in [9.17, 15) is 22.7 Å². The van der Waals surface area contributed by atoms with Gasteiger partial charge in [-0.05, 0) is 69.7 Å². The van der Waals surface area contributed by atoms with E-state index in [0.29, 0.717) is 12.1 Å². The van der Waals surface area contributed by atoms with Crippen molar-refractivity contribution in [2.75, 3.05) is 13.6 Å². The molecule has 2 aliphatic carbocycles. The molecule has 2 N–H and O–H groups in total. The first-order valence-corrected chi connectivity index (χ1v) is 14.5. The van der Waals surface area contributed by atoms with E-state index in [2.05, 4.69) is 9.71 Å². The number of halogens is 3. The zero-order valence-electron chi connectivity index (χ0n) is 21.9. The van der Waals surface area contributed by atoms with E-state index in [1.807, 2.05) is 0 Å². The van der Waals surface area contributed by atoms with E-state index >= 15 is 8.78 Å². The second-order valence-corrected chi connectivity index (χ2v) is 13.5. The summed E-state index contributed by atoms with van der Waals surface area (Å²) in [5.74, 6) is -2.87. The van der Waals surface area contributed by atoms with Crippen LogP contribution in [-0.4, -0.2) is 76.1 Å². The molecule has 2 aromatic rings. The topological polar surface area (TPSA) is 103 Å². The Morgan fingerprint density at radius 2 is 1.95 bits per heavy atom. The van der Waals surface area contributed by atoms with Crippen molar-refractivity contribution in [2.45, 2.75) is 74.8 Å². The maximum absolute atomic E-state index is 17.0. The van der Waals surface area contributed by atoms with Crippen molar-refractivity contribution in [1.29, 1.82) is 0 Å². The van der Waals surface area contributed by atoms with E-state index in [-0.39, 0.29) is 42.5 Å². The van der Waals surface area contributed by atoms with Crippen LogP contribution in [0.15, 0.2) is 30.3 Å². The standard InChI is InChI=1S/C27H31F3N4O4S/c1-15-8-9-18(28)22(31-15)17-7-4-6-16(21(17)29)12-19-23-27(30,14-34(19)24(35)26(36)10-5-11-26)20-13-25(20,2)33(3)39(37,38)32-23/h4,6-9,19-20,23,32,36H,5,10-14H2,1-3H3/t19-,20?,23+,25?,27?/m0/s1. The van der Waals surface area contributed by atoms with Gasteiger partial charge in [-0.1, -0.05) is 12.1 Å². The van der Waals surface area contributed by atoms with Crippen molar-refractivity contribution in [3.63, 3.8) is 0 Å². The molecule has 4 aliphatic rings. The number of hydrogen-bond acceptors (Lipinski definition) is 5. The number of benzene rings is 1. The number of carbonyl (C=O) groups excluding carboxylic acids is 1. The van der Waals surface area contributed by atoms with Crippen molar-refractivity contribution < 1.29 is 31.5 Å². The van der Waals surface area contributed by atoms with Crippen molar-refractivity contribution in [2.24, 2.45) is 5.92 Å².